The molecule has 2 aliphatic rings. The molecule has 1 aromatic carbocycles. The average molecular weight is 397 g/mol. The molecule has 1 saturated carbocycles. The maximum Gasteiger partial charge on any atom is 0.321 e. The number of hydrogen-bond acceptors (Lipinski definition) is 5. The first-order valence-corrected chi connectivity index (χ1v) is 11.2. The molecule has 2 fully saturated rings. The number of rotatable bonds is 6. The predicted octanol–water partition coefficient (Wildman–Crippen LogP) is 2.91. The topological polar surface area (TPSA) is 84.9 Å². The minimum atomic E-state index is -3.39. The molecule has 8 heteroatoms. The van der Waals surface area contributed by atoms with Crippen LogP contribution >= 0.6 is 0 Å². The van der Waals surface area contributed by atoms with E-state index >= 15 is 0 Å². The lowest BCUT2D eigenvalue weighted by Crippen LogP contribution is -2.36. The Morgan fingerprint density at radius 2 is 1.96 bits per heavy atom. The van der Waals surface area contributed by atoms with E-state index in [0.717, 1.165) is 32.2 Å². The quantitative estimate of drug-likeness (QED) is 0.748. The molecular weight excluding hydrogens is 368 g/mol. The summed E-state index contributed by atoms with van der Waals surface area (Å²) in [6, 6.07) is 4.30. The van der Waals surface area contributed by atoms with Crippen LogP contribution in [0, 0.1) is 5.41 Å². The largest absolute Gasteiger partial charge is 0.489 e. The monoisotopic (exact) mass is 396 g/mol. The van der Waals surface area contributed by atoms with Crippen molar-refractivity contribution < 1.29 is 22.7 Å². The molecule has 27 heavy (non-hydrogen) atoms. The van der Waals surface area contributed by atoms with E-state index in [0.29, 0.717) is 30.1 Å². The second-order valence-corrected chi connectivity index (χ2v) is 9.56. The van der Waals surface area contributed by atoms with Crippen molar-refractivity contribution >= 4 is 21.6 Å². The van der Waals surface area contributed by atoms with Crippen molar-refractivity contribution in [3.63, 3.8) is 0 Å². The zero-order valence-corrected chi connectivity index (χ0v) is 16.8. The summed E-state index contributed by atoms with van der Waals surface area (Å²) < 4.78 is 34.4. The summed E-state index contributed by atoms with van der Waals surface area (Å²) in [5.41, 5.74) is 0.837. The molecular formula is C19H28N2O5S. The van der Waals surface area contributed by atoms with E-state index in [9.17, 15) is 13.2 Å². The number of likely N-dealkylation sites (tertiary alicyclic amines) is 1. The van der Waals surface area contributed by atoms with Gasteiger partial charge in [0.15, 0.2) is 9.84 Å². The Balaban J connectivity index is 1.74. The molecule has 0 aromatic heterocycles. The van der Waals surface area contributed by atoms with Crippen LogP contribution in [0.2, 0.25) is 0 Å². The van der Waals surface area contributed by atoms with Crippen LogP contribution in [0.15, 0.2) is 23.1 Å². The lowest BCUT2D eigenvalue weighted by Gasteiger charge is -2.22. The summed E-state index contributed by atoms with van der Waals surface area (Å²) in [5.74, 6) is 0.432. The molecule has 7 nitrogen and oxygen atoms in total. The van der Waals surface area contributed by atoms with Crippen LogP contribution in [0.1, 0.15) is 32.1 Å². The Morgan fingerprint density at radius 3 is 2.63 bits per heavy atom. The third-order valence-electron chi connectivity index (χ3n) is 5.46. The second kappa shape index (κ2) is 8.06. The fourth-order valence-electron chi connectivity index (χ4n) is 3.53. The summed E-state index contributed by atoms with van der Waals surface area (Å²) in [6.45, 7) is 2.16. The smallest absolute Gasteiger partial charge is 0.321 e. The molecule has 1 N–H and O–H groups in total. The predicted molar refractivity (Wildman–Crippen MR) is 103 cm³/mol. The number of ether oxygens (including phenoxy) is 2. The van der Waals surface area contributed by atoms with Crippen LogP contribution in [0.5, 0.6) is 5.75 Å². The Hall–Kier alpha value is -1.80. The molecule has 1 heterocycles. The Kier molecular flexibility index (Phi) is 5.95. The lowest BCUT2D eigenvalue weighted by molar-refractivity contribution is 0.146. The zero-order valence-electron chi connectivity index (χ0n) is 16.0. The summed E-state index contributed by atoms with van der Waals surface area (Å²) in [6.07, 6.45) is 6.93. The Morgan fingerprint density at radius 1 is 1.19 bits per heavy atom. The molecule has 0 bridgehead atoms. The van der Waals surface area contributed by atoms with Crippen LogP contribution in [0.25, 0.3) is 0 Å². The highest BCUT2D eigenvalue weighted by Crippen LogP contribution is 2.53. The number of benzene rings is 1. The first-order valence-electron chi connectivity index (χ1n) is 9.35. The van der Waals surface area contributed by atoms with E-state index in [1.807, 2.05) is 4.90 Å². The van der Waals surface area contributed by atoms with E-state index in [1.54, 1.807) is 13.2 Å². The zero-order chi connectivity index (χ0) is 19.5. The second-order valence-electron chi connectivity index (χ2n) is 7.54. The van der Waals surface area contributed by atoms with E-state index in [-0.39, 0.29) is 10.9 Å². The van der Waals surface area contributed by atoms with Crippen molar-refractivity contribution in [1.29, 1.82) is 0 Å². The normalized spacial score (nSPS) is 18.8. The number of amides is 2. The highest BCUT2D eigenvalue weighted by molar-refractivity contribution is 7.90. The van der Waals surface area contributed by atoms with E-state index in [1.165, 1.54) is 31.4 Å². The number of carbonyl (C=O) groups is 1. The van der Waals surface area contributed by atoms with Crippen molar-refractivity contribution in [1.82, 2.24) is 4.90 Å². The van der Waals surface area contributed by atoms with Crippen molar-refractivity contribution in [3.8, 4) is 5.75 Å². The van der Waals surface area contributed by atoms with E-state index < -0.39 is 9.84 Å². The van der Waals surface area contributed by atoms with Gasteiger partial charge >= 0.3 is 6.03 Å². The van der Waals surface area contributed by atoms with Gasteiger partial charge in [0, 0.05) is 26.5 Å². The number of methoxy groups -OCH3 is 1. The molecule has 0 unspecified atom stereocenters. The minimum absolute atomic E-state index is 0.143. The van der Waals surface area contributed by atoms with Crippen molar-refractivity contribution in [3.05, 3.63) is 18.2 Å². The van der Waals surface area contributed by atoms with Gasteiger partial charge in [-0.05, 0) is 55.7 Å². The maximum atomic E-state index is 12.8. The third-order valence-corrected chi connectivity index (χ3v) is 6.57. The number of carbonyl (C=O) groups excluding carboxylic acids is 1. The molecule has 1 aliphatic carbocycles. The molecule has 3 rings (SSSR count). The highest BCUT2D eigenvalue weighted by Gasteiger charge is 2.43. The molecule has 1 saturated heterocycles. The molecule has 0 radical (unpaired) electrons. The molecule has 0 atom stereocenters. The van der Waals surface area contributed by atoms with Crippen LogP contribution in [0.4, 0.5) is 10.5 Å². The summed E-state index contributed by atoms with van der Waals surface area (Å²) in [5, 5.41) is 2.85. The van der Waals surface area contributed by atoms with Gasteiger partial charge < -0.3 is 19.7 Å². The number of nitrogens with zero attached hydrogens (tertiary/aromatic N) is 1. The standard InChI is InChI=1S/C19H28N2O5S/c1-25-12-13-26-17-5-4-15(27(2,23)24)14-16(17)20-18(22)21-10-3-6-19(7-8-19)9-11-21/h4-5,14H,3,6-13H2,1-2H3,(H,20,22). The minimum Gasteiger partial charge on any atom is -0.489 e. The lowest BCUT2D eigenvalue weighted by atomic mass is 9.98. The fourth-order valence-corrected chi connectivity index (χ4v) is 4.17. The van der Waals surface area contributed by atoms with Gasteiger partial charge in [-0.3, -0.25) is 0 Å². The number of hydrogen-bond donors (Lipinski definition) is 1. The SMILES string of the molecule is COCCOc1ccc(S(C)(=O)=O)cc1NC(=O)N1CCCC2(CC1)CC2. The van der Waals surface area contributed by atoms with Gasteiger partial charge in [0.1, 0.15) is 12.4 Å². The van der Waals surface area contributed by atoms with Crippen LogP contribution in [-0.4, -0.2) is 59.0 Å². The van der Waals surface area contributed by atoms with Gasteiger partial charge in [-0.1, -0.05) is 0 Å². The molecule has 1 aliphatic heterocycles. The summed E-state index contributed by atoms with van der Waals surface area (Å²) in [4.78, 5) is 14.7. The number of nitrogens with one attached hydrogen (secondary N) is 1. The maximum absolute atomic E-state index is 12.8. The average Bonchev–Trinajstić information content (AvgIpc) is 3.41. The van der Waals surface area contributed by atoms with Gasteiger partial charge in [-0.2, -0.15) is 0 Å². The number of anilines is 1. The van der Waals surface area contributed by atoms with Gasteiger partial charge in [-0.15, -0.1) is 0 Å². The Bertz CT molecular complexity index is 789. The first kappa shape index (κ1) is 19.9. The Labute approximate surface area is 160 Å². The van der Waals surface area contributed by atoms with Crippen molar-refractivity contribution in [2.75, 3.05) is 45.0 Å². The summed E-state index contributed by atoms with van der Waals surface area (Å²) >= 11 is 0. The molecule has 2 amide bonds. The van der Waals surface area contributed by atoms with Gasteiger partial charge in [0.05, 0.1) is 17.2 Å². The first-order chi connectivity index (χ1) is 12.8. The van der Waals surface area contributed by atoms with E-state index in [2.05, 4.69) is 5.32 Å². The number of urea groups is 1. The molecule has 1 spiro atoms. The van der Waals surface area contributed by atoms with Crippen molar-refractivity contribution in [2.24, 2.45) is 5.41 Å². The third kappa shape index (κ3) is 5.13. The number of sulfone groups is 1. The van der Waals surface area contributed by atoms with Crippen LogP contribution in [-0.2, 0) is 14.6 Å². The van der Waals surface area contributed by atoms with Crippen molar-refractivity contribution in [2.45, 2.75) is 37.0 Å². The van der Waals surface area contributed by atoms with Gasteiger partial charge in [0.2, 0.25) is 0 Å². The van der Waals surface area contributed by atoms with Gasteiger partial charge in [0.25, 0.3) is 0 Å². The van der Waals surface area contributed by atoms with Gasteiger partial charge in [-0.25, -0.2) is 13.2 Å². The van der Waals surface area contributed by atoms with Crippen LogP contribution in [0.3, 0.4) is 0 Å². The fraction of sp³-hybridized carbons (Fsp3) is 0.632. The molecule has 1 aromatic rings. The molecule has 150 valence electrons. The summed E-state index contributed by atoms with van der Waals surface area (Å²) in [7, 11) is -1.81. The van der Waals surface area contributed by atoms with E-state index in [4.69, 9.17) is 9.47 Å². The van der Waals surface area contributed by atoms with Crippen LogP contribution < -0.4 is 10.1 Å². The highest BCUT2D eigenvalue weighted by atomic mass is 32.2.